The summed E-state index contributed by atoms with van der Waals surface area (Å²) in [6.45, 7) is 3.43. The number of benzene rings is 2. The topological polar surface area (TPSA) is 76.1 Å². The van der Waals surface area contributed by atoms with Crippen molar-refractivity contribution in [2.45, 2.75) is 19.8 Å². The Bertz CT molecular complexity index is 942. The SMILES string of the molecule is CCCNC(=O)c1ccc(-c2cc(NCCc3ccccc3OC)ncn2)cc1. The molecule has 0 aliphatic carbocycles. The Kier molecular flexibility index (Phi) is 7.16. The van der Waals surface area contributed by atoms with E-state index < -0.39 is 0 Å². The van der Waals surface area contributed by atoms with E-state index in [4.69, 9.17) is 4.74 Å². The average Bonchev–Trinajstić information content (AvgIpc) is 2.78. The minimum Gasteiger partial charge on any atom is -0.496 e. The van der Waals surface area contributed by atoms with Gasteiger partial charge in [-0.15, -0.1) is 0 Å². The van der Waals surface area contributed by atoms with Crippen molar-refractivity contribution < 1.29 is 9.53 Å². The van der Waals surface area contributed by atoms with Gasteiger partial charge in [0.1, 0.15) is 17.9 Å². The first-order chi connectivity index (χ1) is 14.2. The van der Waals surface area contributed by atoms with Gasteiger partial charge in [-0.2, -0.15) is 0 Å². The number of carbonyl (C=O) groups excluding carboxylic acids is 1. The number of ether oxygens (including phenoxy) is 1. The zero-order chi connectivity index (χ0) is 20.5. The first-order valence-corrected chi connectivity index (χ1v) is 9.77. The van der Waals surface area contributed by atoms with Crippen LogP contribution in [0.15, 0.2) is 60.9 Å². The standard InChI is InChI=1S/C23H26N4O2/c1-3-13-25-23(28)19-10-8-17(9-11-19)20-15-22(27-16-26-20)24-14-12-18-6-4-5-7-21(18)29-2/h4-11,15-16H,3,12-14H2,1-2H3,(H,25,28)(H,24,26,27). The molecular formula is C23H26N4O2. The van der Waals surface area contributed by atoms with Crippen molar-refractivity contribution in [3.8, 4) is 17.0 Å². The molecule has 0 aliphatic heterocycles. The van der Waals surface area contributed by atoms with Gasteiger partial charge in [-0.1, -0.05) is 37.3 Å². The average molecular weight is 390 g/mol. The van der Waals surface area contributed by atoms with Gasteiger partial charge in [-0.25, -0.2) is 9.97 Å². The maximum atomic E-state index is 12.0. The van der Waals surface area contributed by atoms with Crippen LogP contribution < -0.4 is 15.4 Å². The number of hydrogen-bond donors (Lipinski definition) is 2. The molecule has 1 amide bonds. The van der Waals surface area contributed by atoms with E-state index in [2.05, 4.69) is 26.7 Å². The van der Waals surface area contributed by atoms with Gasteiger partial charge in [0.2, 0.25) is 0 Å². The van der Waals surface area contributed by atoms with Crippen molar-refractivity contribution in [3.63, 3.8) is 0 Å². The quantitative estimate of drug-likeness (QED) is 0.579. The number of rotatable bonds is 9. The highest BCUT2D eigenvalue weighted by Gasteiger charge is 2.07. The van der Waals surface area contributed by atoms with Crippen molar-refractivity contribution in [2.75, 3.05) is 25.5 Å². The van der Waals surface area contributed by atoms with Gasteiger partial charge in [0.25, 0.3) is 5.91 Å². The van der Waals surface area contributed by atoms with Gasteiger partial charge < -0.3 is 15.4 Å². The molecule has 0 radical (unpaired) electrons. The van der Waals surface area contributed by atoms with Crippen molar-refractivity contribution in [1.82, 2.24) is 15.3 Å². The number of carbonyl (C=O) groups is 1. The lowest BCUT2D eigenvalue weighted by Crippen LogP contribution is -2.23. The van der Waals surface area contributed by atoms with Crippen LogP contribution >= 0.6 is 0 Å². The van der Waals surface area contributed by atoms with Crippen molar-refractivity contribution >= 4 is 11.7 Å². The highest BCUT2D eigenvalue weighted by atomic mass is 16.5. The summed E-state index contributed by atoms with van der Waals surface area (Å²) in [7, 11) is 1.68. The lowest BCUT2D eigenvalue weighted by molar-refractivity contribution is 0.0953. The second-order valence-electron chi connectivity index (χ2n) is 6.61. The summed E-state index contributed by atoms with van der Waals surface area (Å²) < 4.78 is 5.39. The molecule has 29 heavy (non-hydrogen) atoms. The van der Waals surface area contributed by atoms with Crippen molar-refractivity contribution in [3.05, 3.63) is 72.1 Å². The molecule has 0 saturated heterocycles. The molecule has 0 fully saturated rings. The second kappa shape index (κ2) is 10.2. The first kappa shape index (κ1) is 20.3. The van der Waals surface area contributed by atoms with E-state index in [1.807, 2.05) is 55.5 Å². The van der Waals surface area contributed by atoms with Crippen molar-refractivity contribution in [1.29, 1.82) is 0 Å². The fourth-order valence-electron chi connectivity index (χ4n) is 2.98. The number of nitrogens with zero attached hydrogens (tertiary/aromatic N) is 2. The van der Waals surface area contributed by atoms with E-state index in [0.29, 0.717) is 12.1 Å². The van der Waals surface area contributed by atoms with Crippen LogP contribution in [0.25, 0.3) is 11.3 Å². The third kappa shape index (κ3) is 5.54. The van der Waals surface area contributed by atoms with Crippen LogP contribution in [0.4, 0.5) is 5.82 Å². The molecule has 0 aliphatic rings. The fraction of sp³-hybridized carbons (Fsp3) is 0.261. The highest BCUT2D eigenvalue weighted by Crippen LogP contribution is 2.20. The van der Waals surface area contributed by atoms with E-state index in [1.54, 1.807) is 13.4 Å². The van der Waals surface area contributed by atoms with Crippen LogP contribution in [0.1, 0.15) is 29.3 Å². The predicted octanol–water partition coefficient (Wildman–Crippen LogP) is 3.95. The van der Waals surface area contributed by atoms with Gasteiger partial charge in [0.15, 0.2) is 0 Å². The zero-order valence-electron chi connectivity index (χ0n) is 16.8. The molecule has 0 bridgehead atoms. The molecule has 6 heteroatoms. The maximum Gasteiger partial charge on any atom is 0.251 e. The molecule has 0 saturated carbocycles. The Morgan fingerprint density at radius 2 is 1.83 bits per heavy atom. The van der Waals surface area contributed by atoms with E-state index in [1.165, 1.54) is 0 Å². The Hall–Kier alpha value is -3.41. The number of hydrogen-bond acceptors (Lipinski definition) is 5. The highest BCUT2D eigenvalue weighted by molar-refractivity contribution is 5.94. The lowest BCUT2D eigenvalue weighted by atomic mass is 10.1. The number of amides is 1. The molecule has 2 aromatic carbocycles. The number of aromatic nitrogens is 2. The summed E-state index contributed by atoms with van der Waals surface area (Å²) in [6.07, 6.45) is 3.28. The van der Waals surface area contributed by atoms with Gasteiger partial charge >= 0.3 is 0 Å². The normalized spacial score (nSPS) is 10.4. The molecule has 0 spiro atoms. The van der Waals surface area contributed by atoms with Crippen LogP contribution in [0, 0.1) is 0 Å². The summed E-state index contributed by atoms with van der Waals surface area (Å²) in [5.74, 6) is 1.59. The lowest BCUT2D eigenvalue weighted by Gasteiger charge is -2.10. The molecule has 6 nitrogen and oxygen atoms in total. The Balaban J connectivity index is 1.62. The van der Waals surface area contributed by atoms with Gasteiger partial charge in [0, 0.05) is 30.3 Å². The molecule has 0 unspecified atom stereocenters. The minimum atomic E-state index is -0.0558. The molecule has 2 N–H and O–H groups in total. The van der Waals surface area contributed by atoms with Gasteiger partial charge in [-0.05, 0) is 36.6 Å². The molecule has 3 aromatic rings. The van der Waals surface area contributed by atoms with Crippen LogP contribution in [-0.4, -0.2) is 36.1 Å². The zero-order valence-corrected chi connectivity index (χ0v) is 16.8. The largest absolute Gasteiger partial charge is 0.496 e. The molecule has 150 valence electrons. The summed E-state index contributed by atoms with van der Waals surface area (Å²) in [6, 6.07) is 17.3. The van der Waals surface area contributed by atoms with Crippen LogP contribution in [0.2, 0.25) is 0 Å². The fourth-order valence-corrected chi connectivity index (χ4v) is 2.98. The summed E-state index contributed by atoms with van der Waals surface area (Å²) in [5, 5.41) is 6.21. The van der Waals surface area contributed by atoms with Gasteiger partial charge in [-0.3, -0.25) is 4.79 Å². The third-order valence-electron chi connectivity index (χ3n) is 4.54. The Morgan fingerprint density at radius 3 is 2.59 bits per heavy atom. The minimum absolute atomic E-state index is 0.0558. The van der Waals surface area contributed by atoms with Crippen LogP contribution in [0.5, 0.6) is 5.75 Å². The summed E-state index contributed by atoms with van der Waals surface area (Å²) >= 11 is 0. The second-order valence-corrected chi connectivity index (χ2v) is 6.61. The molecule has 3 rings (SSSR count). The smallest absolute Gasteiger partial charge is 0.251 e. The summed E-state index contributed by atoms with van der Waals surface area (Å²) in [4.78, 5) is 20.7. The first-order valence-electron chi connectivity index (χ1n) is 9.77. The monoisotopic (exact) mass is 390 g/mol. The van der Waals surface area contributed by atoms with E-state index in [9.17, 15) is 4.79 Å². The van der Waals surface area contributed by atoms with E-state index in [-0.39, 0.29) is 5.91 Å². The number of anilines is 1. The molecule has 1 aromatic heterocycles. The third-order valence-corrected chi connectivity index (χ3v) is 4.54. The molecule has 0 atom stereocenters. The summed E-state index contributed by atoms with van der Waals surface area (Å²) in [5.41, 5.74) is 3.53. The number of nitrogens with one attached hydrogen (secondary N) is 2. The molecular weight excluding hydrogens is 364 g/mol. The maximum absolute atomic E-state index is 12.0. The number of methoxy groups -OCH3 is 1. The van der Waals surface area contributed by atoms with Crippen LogP contribution in [0.3, 0.4) is 0 Å². The van der Waals surface area contributed by atoms with Crippen LogP contribution in [-0.2, 0) is 6.42 Å². The van der Waals surface area contributed by atoms with Gasteiger partial charge in [0.05, 0.1) is 12.8 Å². The molecule has 1 heterocycles. The Labute approximate surface area is 171 Å². The van der Waals surface area contributed by atoms with E-state index in [0.717, 1.165) is 47.8 Å². The van der Waals surface area contributed by atoms with E-state index >= 15 is 0 Å². The number of para-hydroxylation sites is 1. The van der Waals surface area contributed by atoms with Crippen molar-refractivity contribution in [2.24, 2.45) is 0 Å². The Morgan fingerprint density at radius 1 is 1.03 bits per heavy atom. The predicted molar refractivity (Wildman–Crippen MR) is 115 cm³/mol.